The van der Waals surface area contributed by atoms with Gasteiger partial charge >= 0.3 is 17.9 Å². The smallest absolute Gasteiger partial charge is 0.303 e. The van der Waals surface area contributed by atoms with Crippen molar-refractivity contribution < 1.29 is 37.9 Å². The fraction of sp³-hybridized carbons (Fsp3) is 0.476. The molecule has 10 nitrogen and oxygen atoms in total. The average Bonchev–Trinajstić information content (AvgIpc) is 3.04. The Hall–Kier alpha value is -3.08. The molecule has 1 unspecified atom stereocenters. The van der Waals surface area contributed by atoms with E-state index in [1.807, 2.05) is 6.92 Å². The first-order valence-electron chi connectivity index (χ1n) is 9.84. The highest BCUT2D eigenvalue weighted by Crippen LogP contribution is 2.39. The number of pyridine rings is 1. The Morgan fingerprint density at radius 2 is 1.69 bits per heavy atom. The first-order valence-corrected chi connectivity index (χ1v) is 10.9. The number of thioether (sulfide) groups is 1. The van der Waals surface area contributed by atoms with E-state index in [1.54, 1.807) is 19.2 Å². The Bertz CT molecular complexity index is 988. The molecule has 3 rings (SSSR count). The lowest BCUT2D eigenvalue weighted by Gasteiger charge is -2.40. The highest BCUT2D eigenvalue weighted by atomic mass is 32.2. The van der Waals surface area contributed by atoms with Gasteiger partial charge in [-0.15, -0.1) is 11.8 Å². The summed E-state index contributed by atoms with van der Waals surface area (Å²) in [4.78, 5) is 39.3. The van der Waals surface area contributed by atoms with Gasteiger partial charge in [0, 0.05) is 38.3 Å². The van der Waals surface area contributed by atoms with E-state index in [1.165, 1.54) is 38.7 Å². The van der Waals surface area contributed by atoms with Crippen molar-refractivity contribution in [2.45, 2.75) is 58.4 Å². The number of rotatable bonds is 6. The molecule has 11 heteroatoms. The number of hydrogen-bond acceptors (Lipinski definition) is 11. The Kier molecular flexibility index (Phi) is 7.39. The lowest BCUT2D eigenvalue weighted by Crippen LogP contribution is -2.55. The van der Waals surface area contributed by atoms with Crippen LogP contribution in [0.25, 0.3) is 11.1 Å². The topological polar surface area (TPSA) is 127 Å². The van der Waals surface area contributed by atoms with E-state index in [0.29, 0.717) is 22.8 Å². The van der Waals surface area contributed by atoms with E-state index in [4.69, 9.17) is 23.5 Å². The molecule has 172 valence electrons. The van der Waals surface area contributed by atoms with Gasteiger partial charge in [-0.1, -0.05) is 5.16 Å². The largest absolute Gasteiger partial charge is 0.473 e. The van der Waals surface area contributed by atoms with E-state index in [2.05, 4.69) is 10.1 Å². The van der Waals surface area contributed by atoms with E-state index in [0.717, 1.165) is 5.56 Å². The Morgan fingerprint density at radius 3 is 2.28 bits per heavy atom. The first kappa shape index (κ1) is 23.6. The van der Waals surface area contributed by atoms with Crippen LogP contribution in [-0.4, -0.2) is 57.5 Å². The number of aromatic nitrogens is 2. The molecule has 1 aliphatic rings. The van der Waals surface area contributed by atoms with Crippen LogP contribution in [0, 0.1) is 13.8 Å². The van der Waals surface area contributed by atoms with Crippen molar-refractivity contribution in [3.05, 3.63) is 29.9 Å². The summed E-state index contributed by atoms with van der Waals surface area (Å²) in [7, 11) is 0. The maximum Gasteiger partial charge on any atom is 0.303 e. The number of nitrogens with zero attached hydrogens (tertiary/aromatic N) is 2. The lowest BCUT2D eigenvalue weighted by atomic mass is 10.0. The van der Waals surface area contributed by atoms with Gasteiger partial charge in [0.05, 0.1) is 17.5 Å². The second-order valence-electron chi connectivity index (χ2n) is 7.19. The van der Waals surface area contributed by atoms with Gasteiger partial charge in [0.1, 0.15) is 11.5 Å². The molecule has 0 amide bonds. The molecule has 1 saturated heterocycles. The Morgan fingerprint density at radius 1 is 1.03 bits per heavy atom. The van der Waals surface area contributed by atoms with Crippen LogP contribution in [0.4, 0.5) is 0 Å². The molecule has 0 aliphatic carbocycles. The average molecular weight is 464 g/mol. The number of ether oxygens (including phenoxy) is 4. The van der Waals surface area contributed by atoms with Crippen molar-refractivity contribution in [2.75, 3.05) is 5.75 Å². The summed E-state index contributed by atoms with van der Waals surface area (Å²) in [6, 6.07) is 1.77. The molecular weight excluding hydrogens is 440 g/mol. The van der Waals surface area contributed by atoms with Gasteiger partial charge in [0.15, 0.2) is 23.7 Å². The number of carbonyl (C=O) groups is 3. The number of aryl methyl sites for hydroxylation is 2. The molecule has 0 saturated carbocycles. The third-order valence-corrected chi connectivity index (χ3v) is 5.85. The minimum atomic E-state index is -1.04. The summed E-state index contributed by atoms with van der Waals surface area (Å²) in [5.74, 6) is -0.458. The molecule has 3 heterocycles. The predicted octanol–water partition coefficient (Wildman–Crippen LogP) is 2.60. The number of esters is 3. The maximum atomic E-state index is 11.8. The molecule has 2 aromatic rings. The van der Waals surface area contributed by atoms with Gasteiger partial charge in [0.25, 0.3) is 0 Å². The van der Waals surface area contributed by atoms with Gasteiger partial charge in [-0.25, -0.2) is 0 Å². The van der Waals surface area contributed by atoms with E-state index in [-0.39, 0.29) is 5.75 Å². The van der Waals surface area contributed by atoms with Crippen LogP contribution in [0.15, 0.2) is 23.0 Å². The summed E-state index contributed by atoms with van der Waals surface area (Å²) in [5.41, 5.74) is 1.38. The minimum absolute atomic E-state index is 0.265. The molecule has 0 bridgehead atoms. The normalized spacial score (nSPS) is 22.7. The number of carbonyl (C=O) groups excluding carboxylic acids is 3. The fourth-order valence-corrected chi connectivity index (χ4v) is 4.69. The quantitative estimate of drug-likeness (QED) is 0.462. The maximum absolute atomic E-state index is 11.8. The summed E-state index contributed by atoms with van der Waals surface area (Å²) in [6.45, 7) is 7.32. The van der Waals surface area contributed by atoms with Gasteiger partial charge in [-0.05, 0) is 19.9 Å². The number of hydrogen-bond donors (Lipinski definition) is 0. The van der Waals surface area contributed by atoms with Gasteiger partial charge in [0.2, 0.25) is 0 Å². The zero-order chi connectivity index (χ0) is 23.4. The van der Waals surface area contributed by atoms with Crippen LogP contribution in [0.1, 0.15) is 32.2 Å². The van der Waals surface area contributed by atoms with E-state index >= 15 is 0 Å². The first-order chi connectivity index (χ1) is 15.2. The standard InChI is InChI=1S/C21H24N2O8S/c1-10-18(11(2)31-23-10)15-6-7-22-8-16(15)30-21-20(29-14(5)26)19(28-13(4)25)17(9-32-21)27-12(3)24/h6-8,17,19-21H,9H2,1-5H3/t17-,19+,20-,21?/m1/s1. The van der Waals surface area contributed by atoms with Crippen LogP contribution < -0.4 is 4.74 Å². The Balaban J connectivity index is 1.96. The molecule has 1 fully saturated rings. The molecule has 4 atom stereocenters. The van der Waals surface area contributed by atoms with Gasteiger partial charge < -0.3 is 23.5 Å². The molecule has 0 aromatic carbocycles. The summed E-state index contributed by atoms with van der Waals surface area (Å²) < 4.78 is 27.7. The highest BCUT2D eigenvalue weighted by molar-refractivity contribution is 7.99. The molecule has 0 spiro atoms. The van der Waals surface area contributed by atoms with Crippen LogP contribution in [0.3, 0.4) is 0 Å². The Labute approximate surface area is 188 Å². The summed E-state index contributed by atoms with van der Waals surface area (Å²) in [6.07, 6.45) is 0.278. The zero-order valence-electron chi connectivity index (χ0n) is 18.3. The van der Waals surface area contributed by atoms with Crippen molar-refractivity contribution in [3.63, 3.8) is 0 Å². The molecule has 2 aromatic heterocycles. The van der Waals surface area contributed by atoms with Crippen LogP contribution in [0.2, 0.25) is 0 Å². The van der Waals surface area contributed by atoms with Crippen LogP contribution in [0.5, 0.6) is 5.75 Å². The van der Waals surface area contributed by atoms with Crippen LogP contribution >= 0.6 is 11.8 Å². The van der Waals surface area contributed by atoms with Crippen molar-refractivity contribution in [1.29, 1.82) is 0 Å². The second kappa shape index (κ2) is 10.0. The van der Waals surface area contributed by atoms with Gasteiger partial charge in [-0.2, -0.15) is 0 Å². The van der Waals surface area contributed by atoms with E-state index < -0.39 is 41.7 Å². The van der Waals surface area contributed by atoms with Crippen LogP contribution in [-0.2, 0) is 28.6 Å². The monoisotopic (exact) mass is 464 g/mol. The zero-order valence-corrected chi connectivity index (χ0v) is 19.1. The summed E-state index contributed by atoms with van der Waals surface area (Å²) >= 11 is 1.27. The minimum Gasteiger partial charge on any atom is -0.473 e. The highest BCUT2D eigenvalue weighted by Gasteiger charge is 2.48. The third kappa shape index (κ3) is 5.39. The fourth-order valence-electron chi connectivity index (χ4n) is 3.48. The van der Waals surface area contributed by atoms with Crippen molar-refractivity contribution in [2.24, 2.45) is 0 Å². The van der Waals surface area contributed by atoms with Crippen molar-refractivity contribution in [1.82, 2.24) is 10.1 Å². The van der Waals surface area contributed by atoms with Crippen molar-refractivity contribution in [3.8, 4) is 16.9 Å². The SMILES string of the molecule is CC(=O)O[C@H]1[C@H](OC(C)=O)CSC(Oc2cnccc2-c2c(C)noc2C)[C@@H]1OC(C)=O. The van der Waals surface area contributed by atoms with Crippen molar-refractivity contribution >= 4 is 29.7 Å². The lowest BCUT2D eigenvalue weighted by molar-refractivity contribution is -0.186. The van der Waals surface area contributed by atoms with Gasteiger partial charge in [-0.3, -0.25) is 19.4 Å². The molecule has 0 N–H and O–H groups in total. The summed E-state index contributed by atoms with van der Waals surface area (Å²) in [5, 5.41) is 3.99. The van der Waals surface area contributed by atoms with E-state index in [9.17, 15) is 14.4 Å². The molecule has 1 aliphatic heterocycles. The molecular formula is C21H24N2O8S. The third-order valence-electron chi connectivity index (χ3n) is 4.64. The predicted molar refractivity (Wildman–Crippen MR) is 113 cm³/mol. The second-order valence-corrected chi connectivity index (χ2v) is 8.32. The molecule has 0 radical (unpaired) electrons. The molecule has 32 heavy (non-hydrogen) atoms.